The van der Waals surface area contributed by atoms with Crippen LogP contribution in [0.25, 0.3) is 0 Å². The Morgan fingerprint density at radius 1 is 1.25 bits per heavy atom. The van der Waals surface area contributed by atoms with E-state index in [1.54, 1.807) is 7.11 Å². The molecule has 2 aromatic rings. The van der Waals surface area contributed by atoms with Gasteiger partial charge in [0.15, 0.2) is 0 Å². The number of nitrogens with one attached hydrogen (secondary N) is 1. The second-order valence-electron chi connectivity index (χ2n) is 5.53. The van der Waals surface area contributed by atoms with Gasteiger partial charge in [-0.25, -0.2) is 0 Å². The molecule has 7 heteroatoms. The summed E-state index contributed by atoms with van der Waals surface area (Å²) in [6.45, 7) is 0.715. The first-order chi connectivity index (χ1) is 11.7. The van der Waals surface area contributed by atoms with Gasteiger partial charge in [-0.3, -0.25) is 4.79 Å². The molecule has 24 heavy (non-hydrogen) atoms. The molecule has 0 aliphatic heterocycles. The highest BCUT2D eigenvalue weighted by molar-refractivity contribution is 7.15. The largest absolute Gasteiger partial charge is 0.497 e. The van der Waals surface area contributed by atoms with Crippen LogP contribution in [0, 0.1) is 0 Å². The third kappa shape index (κ3) is 6.25. The number of hydrogen-bond donors (Lipinski definition) is 2. The van der Waals surface area contributed by atoms with Gasteiger partial charge in [0.05, 0.1) is 7.11 Å². The zero-order valence-electron chi connectivity index (χ0n) is 14.0. The van der Waals surface area contributed by atoms with Crippen LogP contribution in [0.15, 0.2) is 24.3 Å². The summed E-state index contributed by atoms with van der Waals surface area (Å²) in [4.78, 5) is 11.9. The zero-order valence-corrected chi connectivity index (χ0v) is 14.8. The number of amides is 1. The molecule has 130 valence electrons. The number of carbonyl (C=O) groups is 1. The van der Waals surface area contributed by atoms with E-state index in [-0.39, 0.29) is 5.91 Å². The molecule has 3 N–H and O–H groups in total. The second kappa shape index (κ2) is 10.00. The van der Waals surface area contributed by atoms with Crippen molar-refractivity contribution in [3.05, 3.63) is 34.8 Å². The van der Waals surface area contributed by atoms with Gasteiger partial charge in [0.25, 0.3) is 0 Å². The lowest BCUT2D eigenvalue weighted by atomic mass is 10.1. The summed E-state index contributed by atoms with van der Waals surface area (Å²) in [5.41, 5.74) is 6.55. The molecule has 0 spiro atoms. The van der Waals surface area contributed by atoms with Crippen LogP contribution < -0.4 is 15.8 Å². The van der Waals surface area contributed by atoms with Gasteiger partial charge in [0.1, 0.15) is 10.8 Å². The Bertz CT molecular complexity index is 645. The predicted octanol–water partition coefficient (Wildman–Crippen LogP) is 2.99. The van der Waals surface area contributed by atoms with Gasteiger partial charge in [0.2, 0.25) is 11.0 Å². The number of hydrogen-bond acceptors (Lipinski definition) is 6. The first-order valence-electron chi connectivity index (χ1n) is 8.16. The minimum absolute atomic E-state index is 0.00757. The van der Waals surface area contributed by atoms with Gasteiger partial charge in [-0.15, -0.1) is 10.2 Å². The summed E-state index contributed by atoms with van der Waals surface area (Å²) in [5, 5.41) is 12.4. The Hall–Kier alpha value is -1.99. The number of ether oxygens (including phenoxy) is 1. The number of aromatic nitrogens is 2. The van der Waals surface area contributed by atoms with Crippen molar-refractivity contribution in [3.63, 3.8) is 0 Å². The molecule has 0 bridgehead atoms. The molecule has 0 aliphatic carbocycles. The lowest BCUT2D eigenvalue weighted by Crippen LogP contribution is -2.10. The standard InChI is InChI=1S/C17H24N4O2S/c1-23-14-8-6-7-13(11-14)12-16-20-21-17(24-16)19-15(22)9-4-2-3-5-10-18/h6-8,11H,2-5,9-10,12,18H2,1H3,(H,19,21,22). The van der Waals surface area contributed by atoms with Crippen LogP contribution in [0.1, 0.15) is 42.7 Å². The minimum atomic E-state index is -0.00757. The normalized spacial score (nSPS) is 10.6. The average Bonchev–Trinajstić information content (AvgIpc) is 3.01. The van der Waals surface area contributed by atoms with Crippen LogP contribution in [0.3, 0.4) is 0 Å². The molecule has 2 rings (SSSR count). The van der Waals surface area contributed by atoms with Crippen molar-refractivity contribution in [2.45, 2.75) is 38.5 Å². The molecule has 0 aliphatic rings. The van der Waals surface area contributed by atoms with E-state index in [9.17, 15) is 4.79 Å². The van der Waals surface area contributed by atoms with Crippen LogP contribution in [-0.2, 0) is 11.2 Å². The second-order valence-corrected chi connectivity index (χ2v) is 6.59. The highest BCUT2D eigenvalue weighted by atomic mass is 32.1. The fourth-order valence-corrected chi connectivity index (χ4v) is 3.09. The number of methoxy groups -OCH3 is 1. The summed E-state index contributed by atoms with van der Waals surface area (Å²) < 4.78 is 5.22. The van der Waals surface area contributed by atoms with E-state index in [4.69, 9.17) is 10.5 Å². The van der Waals surface area contributed by atoms with E-state index in [0.717, 1.165) is 42.0 Å². The first-order valence-corrected chi connectivity index (χ1v) is 8.98. The molecule has 0 saturated heterocycles. The van der Waals surface area contributed by atoms with Gasteiger partial charge >= 0.3 is 0 Å². The van der Waals surface area contributed by atoms with Crippen LogP contribution in [0.2, 0.25) is 0 Å². The molecule has 0 fully saturated rings. The van der Waals surface area contributed by atoms with E-state index in [1.165, 1.54) is 11.3 Å². The molecule has 1 heterocycles. The van der Waals surface area contributed by atoms with Crippen LogP contribution in [-0.4, -0.2) is 29.8 Å². The monoisotopic (exact) mass is 348 g/mol. The predicted molar refractivity (Wildman–Crippen MR) is 96.5 cm³/mol. The molecule has 1 amide bonds. The molecule has 0 saturated carbocycles. The van der Waals surface area contributed by atoms with Gasteiger partial charge in [-0.2, -0.15) is 0 Å². The Labute approximate surface area is 146 Å². The molecule has 6 nitrogen and oxygen atoms in total. The van der Waals surface area contributed by atoms with E-state index < -0.39 is 0 Å². The summed E-state index contributed by atoms with van der Waals surface area (Å²) in [6.07, 6.45) is 5.18. The minimum Gasteiger partial charge on any atom is -0.497 e. The quantitative estimate of drug-likeness (QED) is 0.644. The third-order valence-corrected chi connectivity index (χ3v) is 4.40. The number of nitrogens with two attached hydrogens (primary N) is 1. The van der Waals surface area contributed by atoms with Gasteiger partial charge in [-0.05, 0) is 37.1 Å². The lowest BCUT2D eigenvalue weighted by Gasteiger charge is -2.02. The molecular formula is C17H24N4O2S. The number of nitrogens with zero attached hydrogens (tertiary/aromatic N) is 2. The molecule has 0 unspecified atom stereocenters. The van der Waals surface area contributed by atoms with E-state index in [0.29, 0.717) is 24.5 Å². The average molecular weight is 348 g/mol. The van der Waals surface area contributed by atoms with Gasteiger partial charge in [0, 0.05) is 12.8 Å². The van der Waals surface area contributed by atoms with Crippen LogP contribution >= 0.6 is 11.3 Å². The van der Waals surface area contributed by atoms with Gasteiger partial charge < -0.3 is 15.8 Å². The molecule has 1 aromatic carbocycles. The maximum absolute atomic E-state index is 11.9. The van der Waals surface area contributed by atoms with E-state index in [2.05, 4.69) is 15.5 Å². The SMILES string of the molecule is COc1cccc(Cc2nnc(NC(=O)CCCCCCN)s2)c1. The number of rotatable bonds is 10. The highest BCUT2D eigenvalue weighted by Crippen LogP contribution is 2.21. The molecule has 1 aromatic heterocycles. The maximum atomic E-state index is 11.9. The molecule has 0 radical (unpaired) electrons. The Balaban J connectivity index is 1.79. The maximum Gasteiger partial charge on any atom is 0.226 e. The summed E-state index contributed by atoms with van der Waals surface area (Å²) in [5.74, 6) is 0.812. The number of unbranched alkanes of at least 4 members (excludes halogenated alkanes) is 3. The molecular weight excluding hydrogens is 324 g/mol. The topological polar surface area (TPSA) is 90.1 Å². The Kier molecular flexibility index (Phi) is 7.64. The summed E-state index contributed by atoms with van der Waals surface area (Å²) in [6, 6.07) is 7.84. The van der Waals surface area contributed by atoms with Crippen molar-refractivity contribution in [1.29, 1.82) is 0 Å². The van der Waals surface area contributed by atoms with Crippen molar-refractivity contribution < 1.29 is 9.53 Å². The smallest absolute Gasteiger partial charge is 0.226 e. The Morgan fingerprint density at radius 2 is 2.08 bits per heavy atom. The number of anilines is 1. The fraction of sp³-hybridized carbons (Fsp3) is 0.471. The zero-order chi connectivity index (χ0) is 17.2. The summed E-state index contributed by atoms with van der Waals surface area (Å²) >= 11 is 1.41. The van der Waals surface area contributed by atoms with Crippen molar-refractivity contribution in [2.75, 3.05) is 19.0 Å². The third-order valence-electron chi connectivity index (χ3n) is 3.56. The lowest BCUT2D eigenvalue weighted by molar-refractivity contribution is -0.116. The Morgan fingerprint density at radius 3 is 2.88 bits per heavy atom. The first kappa shape index (κ1) is 18.4. The number of benzene rings is 1. The van der Waals surface area contributed by atoms with Gasteiger partial charge in [-0.1, -0.05) is 36.3 Å². The van der Waals surface area contributed by atoms with Crippen molar-refractivity contribution in [3.8, 4) is 5.75 Å². The van der Waals surface area contributed by atoms with Crippen molar-refractivity contribution in [2.24, 2.45) is 5.73 Å². The van der Waals surface area contributed by atoms with E-state index >= 15 is 0 Å². The van der Waals surface area contributed by atoms with E-state index in [1.807, 2.05) is 24.3 Å². The summed E-state index contributed by atoms with van der Waals surface area (Å²) in [7, 11) is 1.65. The van der Waals surface area contributed by atoms with Crippen molar-refractivity contribution in [1.82, 2.24) is 10.2 Å². The molecule has 0 atom stereocenters. The highest BCUT2D eigenvalue weighted by Gasteiger charge is 2.09. The van der Waals surface area contributed by atoms with Crippen LogP contribution in [0.4, 0.5) is 5.13 Å². The fourth-order valence-electron chi connectivity index (χ4n) is 2.30. The number of carbonyl (C=O) groups excluding carboxylic acids is 1. The van der Waals surface area contributed by atoms with Crippen LogP contribution in [0.5, 0.6) is 5.75 Å². The van der Waals surface area contributed by atoms with Crippen molar-refractivity contribution >= 4 is 22.4 Å².